The van der Waals surface area contributed by atoms with Crippen molar-refractivity contribution in [3.05, 3.63) is 280 Å². The van der Waals surface area contributed by atoms with E-state index in [-0.39, 0.29) is 127 Å². The molecule has 8 atom stereocenters. The molecule has 4 N–H and O–H groups in total. The van der Waals surface area contributed by atoms with Crippen molar-refractivity contribution < 1.29 is 88.6 Å². The molecule has 5 saturated carbocycles. The highest BCUT2D eigenvalue weighted by atomic mass is 32.1. The summed E-state index contributed by atoms with van der Waals surface area (Å²) in [5.41, 5.74) is 15.1. The van der Waals surface area contributed by atoms with E-state index in [1.165, 1.54) is 42.8 Å². The monoisotopic (exact) mass is 1800 g/mol. The van der Waals surface area contributed by atoms with Crippen LogP contribution in [-0.2, 0) is 62.9 Å². The lowest BCUT2D eigenvalue weighted by molar-refractivity contribution is -0.141. The van der Waals surface area contributed by atoms with Gasteiger partial charge in [0.2, 0.25) is 0 Å². The fourth-order valence-electron chi connectivity index (χ4n) is 18.4. The highest BCUT2D eigenvalue weighted by Gasteiger charge is 2.48. The number of aryl methyl sites for hydroxylation is 11. The van der Waals surface area contributed by atoms with Crippen molar-refractivity contribution in [2.45, 2.75) is 176 Å². The number of aromatic nitrogens is 5. The van der Waals surface area contributed by atoms with Gasteiger partial charge in [-0.3, -0.25) is 72.2 Å². The maximum absolute atomic E-state index is 13.7. The molecule has 678 valence electrons. The van der Waals surface area contributed by atoms with E-state index >= 15 is 0 Å². The number of hydrogen-bond donors (Lipinski definition) is 4. The molecular weight excluding hydrogens is 1690 g/mol. The quantitative estimate of drug-likeness (QED) is 0.0305. The van der Waals surface area contributed by atoms with E-state index in [1.54, 1.807) is 67.9 Å². The number of methoxy groups -OCH3 is 1. The number of nitrogens with zero attached hydrogens (tertiary/aromatic N) is 5. The number of carbonyl (C=O) groups is 12. The van der Waals surface area contributed by atoms with Gasteiger partial charge in [0.1, 0.15) is 79.6 Å². The van der Waals surface area contributed by atoms with Crippen LogP contribution in [0.15, 0.2) is 146 Å². The summed E-state index contributed by atoms with van der Waals surface area (Å²) >= 11 is 1.38. The maximum Gasteiger partial charge on any atom is 0.435 e. The van der Waals surface area contributed by atoms with Crippen LogP contribution >= 0.6 is 11.3 Å². The number of nitrogens with one attached hydrogen (secondary N) is 4. The SMILES string of the molecule is COCc1nc(C2CC2)c(C(=O)NCCC2CC(=O)C(c3c(C)cc(C)cc3C)C2=O)s1.Cc1cc(-c2ccc(F)c(F)c2)cc(C)c1C1C(=O)CC(CCNC(=O)c2ccccn2)C1=O.Cc1cc(-c2cccc(F)c2)cc(C)c1C1C(=O)CC(CCNC(=O)c2ccccn2)C1=O.Cc1cc(C)c(C2C(=O)CC(CCNC(=O)c3cc(C(F)(F)F)nn3C)C2=O)c(C)c1. The first kappa shape index (κ1) is 96.3. The second-order valence-electron chi connectivity index (χ2n) is 34.3. The van der Waals surface area contributed by atoms with Crippen LogP contribution in [0.5, 0.6) is 0 Å². The Bertz CT molecular complexity index is 5990. The van der Waals surface area contributed by atoms with Crippen LogP contribution < -0.4 is 21.3 Å². The lowest BCUT2D eigenvalue weighted by Crippen LogP contribution is -2.28. The Morgan fingerprint density at radius 2 is 0.815 bits per heavy atom. The van der Waals surface area contributed by atoms with E-state index in [4.69, 9.17) is 4.74 Å². The lowest BCUT2D eigenvalue weighted by atomic mass is 9.85. The molecular formula is C101H103F6N9O13S. The van der Waals surface area contributed by atoms with Crippen LogP contribution in [0.3, 0.4) is 0 Å². The van der Waals surface area contributed by atoms with Gasteiger partial charge in [0.15, 0.2) is 40.5 Å². The van der Waals surface area contributed by atoms with E-state index in [1.807, 2.05) is 112 Å². The fraction of sp³-hybridized carbons (Fsp3) is 0.366. The topological polar surface area (TPSA) is 319 Å². The molecule has 6 aromatic carbocycles. The van der Waals surface area contributed by atoms with Crippen molar-refractivity contribution in [3.63, 3.8) is 0 Å². The third-order valence-corrected chi connectivity index (χ3v) is 25.5. The van der Waals surface area contributed by atoms with Crippen molar-refractivity contribution in [3.8, 4) is 22.3 Å². The van der Waals surface area contributed by atoms with Gasteiger partial charge in [-0.15, -0.1) is 11.3 Å². The number of hydrogen-bond acceptors (Lipinski definition) is 18. The van der Waals surface area contributed by atoms with Gasteiger partial charge in [-0.2, -0.15) is 18.3 Å². The lowest BCUT2D eigenvalue weighted by Gasteiger charge is -2.17. The summed E-state index contributed by atoms with van der Waals surface area (Å²) in [6, 6.07) is 36.2. The minimum absolute atomic E-state index is 0.0101. The van der Waals surface area contributed by atoms with Crippen molar-refractivity contribution in [1.82, 2.24) is 46.0 Å². The number of thiazole rings is 1. The van der Waals surface area contributed by atoms with E-state index in [0.717, 1.165) is 124 Å². The van der Waals surface area contributed by atoms with Gasteiger partial charge in [0.25, 0.3) is 23.6 Å². The molecule has 22 nitrogen and oxygen atoms in total. The summed E-state index contributed by atoms with van der Waals surface area (Å²) in [6.07, 6.45) is 2.68. The predicted octanol–water partition coefficient (Wildman–Crippen LogP) is 16.9. The van der Waals surface area contributed by atoms with Gasteiger partial charge in [0.05, 0.1) is 12.3 Å². The average molecular weight is 1800 g/mol. The first-order chi connectivity index (χ1) is 61.8. The Labute approximate surface area is 753 Å². The molecule has 5 aliphatic rings. The van der Waals surface area contributed by atoms with Crippen molar-refractivity contribution in [2.24, 2.45) is 30.7 Å². The molecule has 4 amide bonds. The minimum Gasteiger partial charge on any atom is -0.378 e. The fourth-order valence-corrected chi connectivity index (χ4v) is 19.4. The number of rotatable bonds is 25. The summed E-state index contributed by atoms with van der Waals surface area (Å²) in [5, 5.41) is 15.1. The summed E-state index contributed by atoms with van der Waals surface area (Å²) in [6.45, 7) is 20.4. The second kappa shape index (κ2) is 41.8. The normalized spacial score (nSPS) is 18.9. The molecule has 29 heteroatoms. The van der Waals surface area contributed by atoms with Crippen molar-refractivity contribution in [2.75, 3.05) is 33.3 Å². The van der Waals surface area contributed by atoms with E-state index in [0.29, 0.717) is 83.9 Å². The Balaban J connectivity index is 0.000000157. The molecule has 0 saturated heterocycles. The van der Waals surface area contributed by atoms with Crippen LogP contribution in [-0.4, -0.2) is 128 Å². The van der Waals surface area contributed by atoms with Gasteiger partial charge < -0.3 is 26.0 Å². The van der Waals surface area contributed by atoms with E-state index in [9.17, 15) is 83.9 Å². The van der Waals surface area contributed by atoms with Crippen LogP contribution in [0, 0.1) is 110 Å². The Morgan fingerprint density at radius 1 is 0.438 bits per heavy atom. The zero-order valence-electron chi connectivity index (χ0n) is 74.4. The molecule has 5 aliphatic carbocycles. The van der Waals surface area contributed by atoms with E-state index in [2.05, 4.69) is 41.3 Å². The number of alkyl halides is 3. The van der Waals surface area contributed by atoms with Gasteiger partial charge in [0, 0.05) is 114 Å². The molecule has 0 bridgehead atoms. The predicted molar refractivity (Wildman–Crippen MR) is 477 cm³/mol. The smallest absolute Gasteiger partial charge is 0.378 e. The number of Topliss-reactive ketones (excluding diaryl/α,β-unsaturated/α-hetero) is 8. The van der Waals surface area contributed by atoms with Gasteiger partial charge >= 0.3 is 6.18 Å². The molecule has 5 fully saturated rings. The van der Waals surface area contributed by atoms with Crippen molar-refractivity contribution >= 4 is 81.2 Å². The largest absolute Gasteiger partial charge is 0.435 e. The van der Waals surface area contributed by atoms with Crippen LogP contribution in [0.2, 0.25) is 0 Å². The molecule has 0 aliphatic heterocycles. The molecule has 0 radical (unpaired) electrons. The average Bonchev–Trinajstić information content (AvgIpc) is 1.58. The van der Waals surface area contributed by atoms with Crippen LogP contribution in [0.1, 0.15) is 229 Å². The standard InChI is InChI=1S/C27H24F2N2O3.C27H25FN2O3.C25H30N2O4S.C22H24F3N3O3/c1-15-11-19(17-6-7-20(28)21(29)13-17)12-16(2)24(15)25-23(32)14-18(26(25)33)8-10-31-27(34)22-5-3-4-9-30-22;1-16-12-20(18-6-5-7-21(28)14-18)13-17(2)24(16)25-23(31)15-19(26(25)32)9-11-30-27(33)22-8-3-4-10-29-22;1-13-9-14(2)20(15(3)10-13)21-18(28)11-17(23(21)29)7-8-26-25(30)24-22(16-5-6-16)27-19(32-24)12-31-4;1-11-7-12(2)18(13(3)8-11)19-16(29)9-14(20(19)30)5-6-26-21(31)15-10-17(22(23,24)25)27-28(15)4/h3-7,9,11-13,18,25H,8,10,14H2,1-2H3,(H,31,34);3-8,10,12-14,19,25H,9,11,15H2,1-2H3,(H,30,33);9-10,16-17,21H,5-8,11-12H2,1-4H3,(H,26,30);7-8,10,14,19H,5-6,9H2,1-4H3,(H,26,31). The van der Waals surface area contributed by atoms with Crippen LogP contribution in [0.4, 0.5) is 26.3 Å². The van der Waals surface area contributed by atoms with E-state index < -0.39 is 70.8 Å². The van der Waals surface area contributed by atoms with Crippen LogP contribution in [0.25, 0.3) is 22.3 Å². The minimum atomic E-state index is -4.64. The third-order valence-electron chi connectivity index (χ3n) is 24.5. The van der Waals surface area contributed by atoms with Crippen molar-refractivity contribution in [1.29, 1.82) is 0 Å². The number of halogens is 6. The highest BCUT2D eigenvalue weighted by Crippen LogP contribution is 2.46. The Morgan fingerprint density at radius 3 is 1.16 bits per heavy atom. The maximum atomic E-state index is 13.7. The van der Waals surface area contributed by atoms with Gasteiger partial charge in [-0.25, -0.2) is 18.2 Å². The third kappa shape index (κ3) is 22.6. The summed E-state index contributed by atoms with van der Waals surface area (Å²) < 4.78 is 85.0. The molecule has 10 aromatic rings. The summed E-state index contributed by atoms with van der Waals surface area (Å²) in [4.78, 5) is 166. The zero-order valence-corrected chi connectivity index (χ0v) is 75.2. The Kier molecular flexibility index (Phi) is 31.0. The summed E-state index contributed by atoms with van der Waals surface area (Å²) in [5.74, 6) is -8.99. The summed E-state index contributed by atoms with van der Waals surface area (Å²) in [7, 11) is 2.87. The molecule has 8 unspecified atom stereocenters. The number of ketones is 8. The second-order valence-corrected chi connectivity index (χ2v) is 35.4. The first-order valence-corrected chi connectivity index (χ1v) is 44.0. The molecule has 4 heterocycles. The molecule has 15 rings (SSSR count). The zero-order chi connectivity index (χ0) is 94.0. The Hall–Kier alpha value is -12.8. The van der Waals surface area contributed by atoms with Gasteiger partial charge in [-0.05, 0) is 245 Å². The number of ether oxygens (including phenoxy) is 1. The number of carbonyl (C=O) groups excluding carboxylic acids is 12. The highest BCUT2D eigenvalue weighted by molar-refractivity contribution is 7.13. The number of pyridine rings is 2. The number of benzene rings is 6. The number of amides is 4. The first-order valence-electron chi connectivity index (χ1n) is 43.2. The van der Waals surface area contributed by atoms with Gasteiger partial charge in [-0.1, -0.05) is 90.0 Å². The molecule has 0 spiro atoms. The molecule has 4 aromatic heterocycles. The molecule has 130 heavy (non-hydrogen) atoms.